The van der Waals surface area contributed by atoms with E-state index in [1.165, 1.54) is 0 Å². The Morgan fingerprint density at radius 2 is 2.16 bits per heavy atom. The van der Waals surface area contributed by atoms with Crippen molar-refractivity contribution in [1.82, 2.24) is 4.90 Å². The average molecular weight is 264 g/mol. The van der Waals surface area contributed by atoms with E-state index in [4.69, 9.17) is 10.5 Å². The van der Waals surface area contributed by atoms with E-state index in [0.717, 1.165) is 19.4 Å². The van der Waals surface area contributed by atoms with Crippen molar-refractivity contribution in [2.24, 2.45) is 0 Å². The lowest BCUT2D eigenvalue weighted by molar-refractivity contribution is -0.134. The minimum Gasteiger partial charge on any atom is -0.493 e. The highest BCUT2D eigenvalue weighted by atomic mass is 16.5. The summed E-state index contributed by atoms with van der Waals surface area (Å²) in [7, 11) is 0. The van der Waals surface area contributed by atoms with Crippen molar-refractivity contribution in [3.8, 4) is 5.75 Å². The van der Waals surface area contributed by atoms with Crippen molar-refractivity contribution >= 4 is 11.6 Å². The van der Waals surface area contributed by atoms with Crippen LogP contribution in [0.5, 0.6) is 5.75 Å². The number of β-amino-alcohol motifs (C(OH)–C–C–N with tert-alkyl or cyclic N) is 1. The van der Waals surface area contributed by atoms with E-state index >= 15 is 0 Å². The van der Waals surface area contributed by atoms with Crippen LogP contribution in [0.1, 0.15) is 19.3 Å². The number of nitrogen functional groups attached to an aromatic ring is 1. The summed E-state index contributed by atoms with van der Waals surface area (Å²) < 4.78 is 5.48. The zero-order valence-electron chi connectivity index (χ0n) is 10.9. The zero-order valence-corrected chi connectivity index (χ0v) is 10.9. The lowest BCUT2D eigenvalue weighted by Gasteiger charge is -2.30. The second kappa shape index (κ2) is 6.43. The number of anilines is 1. The number of nitrogens with two attached hydrogens (primary N) is 1. The summed E-state index contributed by atoms with van der Waals surface area (Å²) in [6, 6.07) is 7.09. The van der Waals surface area contributed by atoms with Crippen LogP contribution in [0.3, 0.4) is 0 Å². The molecule has 3 N–H and O–H groups in total. The van der Waals surface area contributed by atoms with Gasteiger partial charge in [-0.25, -0.2) is 0 Å². The van der Waals surface area contributed by atoms with Gasteiger partial charge < -0.3 is 20.5 Å². The molecular formula is C14H20N2O3. The predicted molar refractivity (Wildman–Crippen MR) is 72.8 cm³/mol. The molecule has 1 aromatic carbocycles. The summed E-state index contributed by atoms with van der Waals surface area (Å²) in [6.45, 7) is 1.52. The highest BCUT2D eigenvalue weighted by Crippen LogP contribution is 2.14. The van der Waals surface area contributed by atoms with E-state index in [2.05, 4.69) is 0 Å². The van der Waals surface area contributed by atoms with Crippen LogP contribution in [0.2, 0.25) is 0 Å². The number of carbonyl (C=O) groups is 1. The fourth-order valence-corrected chi connectivity index (χ4v) is 2.16. The molecule has 1 heterocycles. The second-order valence-electron chi connectivity index (χ2n) is 4.80. The highest BCUT2D eigenvalue weighted by Gasteiger charge is 2.21. The number of aliphatic hydroxyl groups is 1. The summed E-state index contributed by atoms with van der Waals surface area (Å²) in [5.74, 6) is 0.745. The minimum absolute atomic E-state index is 0.0363. The number of amides is 1. The van der Waals surface area contributed by atoms with Crippen molar-refractivity contribution in [2.45, 2.75) is 25.4 Å². The molecule has 0 saturated carbocycles. The normalized spacial score (nSPS) is 19.2. The largest absolute Gasteiger partial charge is 0.493 e. The number of piperidine rings is 1. The van der Waals surface area contributed by atoms with Crippen molar-refractivity contribution in [3.05, 3.63) is 24.3 Å². The van der Waals surface area contributed by atoms with Crippen LogP contribution < -0.4 is 10.5 Å². The summed E-state index contributed by atoms with van der Waals surface area (Å²) in [4.78, 5) is 13.6. The molecule has 0 bridgehead atoms. The molecule has 104 valence electrons. The fourth-order valence-electron chi connectivity index (χ4n) is 2.16. The van der Waals surface area contributed by atoms with Crippen LogP contribution in [0.15, 0.2) is 24.3 Å². The third-order valence-corrected chi connectivity index (χ3v) is 3.21. The number of aliphatic hydroxyl groups excluding tert-OH is 1. The third-order valence-electron chi connectivity index (χ3n) is 3.21. The van der Waals surface area contributed by atoms with E-state index < -0.39 is 0 Å². The first-order chi connectivity index (χ1) is 9.15. The van der Waals surface area contributed by atoms with E-state index in [1.807, 2.05) is 0 Å². The number of nitrogens with zero attached hydrogens (tertiary/aromatic N) is 1. The van der Waals surface area contributed by atoms with Crippen LogP contribution >= 0.6 is 0 Å². The summed E-state index contributed by atoms with van der Waals surface area (Å²) >= 11 is 0. The molecule has 1 saturated heterocycles. The van der Waals surface area contributed by atoms with E-state index in [-0.39, 0.29) is 12.0 Å². The first kappa shape index (κ1) is 13.7. The van der Waals surface area contributed by atoms with Gasteiger partial charge >= 0.3 is 0 Å². The Labute approximate surface area is 113 Å². The van der Waals surface area contributed by atoms with Crippen LogP contribution in [-0.4, -0.2) is 41.7 Å². The second-order valence-corrected chi connectivity index (χ2v) is 4.80. The molecule has 1 unspecified atom stereocenters. The molecular weight excluding hydrogens is 244 g/mol. The molecule has 1 amide bonds. The average Bonchev–Trinajstić information content (AvgIpc) is 2.41. The lowest BCUT2D eigenvalue weighted by atomic mass is 10.1. The number of likely N-dealkylation sites (tertiary alicyclic amines) is 1. The topological polar surface area (TPSA) is 75.8 Å². The molecule has 5 nitrogen and oxygen atoms in total. The Hall–Kier alpha value is -1.75. The molecule has 19 heavy (non-hydrogen) atoms. The Morgan fingerprint density at radius 3 is 2.84 bits per heavy atom. The molecule has 1 atom stereocenters. The van der Waals surface area contributed by atoms with Gasteiger partial charge in [-0.1, -0.05) is 0 Å². The lowest BCUT2D eigenvalue weighted by Crippen LogP contribution is -2.42. The van der Waals surface area contributed by atoms with Gasteiger partial charge in [0.05, 0.1) is 19.1 Å². The van der Waals surface area contributed by atoms with Crippen LogP contribution in [0.4, 0.5) is 5.69 Å². The van der Waals surface area contributed by atoms with Gasteiger partial charge in [0.1, 0.15) is 5.75 Å². The molecule has 1 fully saturated rings. The molecule has 1 aromatic rings. The predicted octanol–water partition coefficient (Wildman–Crippen LogP) is 1.02. The number of hydrogen-bond donors (Lipinski definition) is 2. The number of ether oxygens (including phenoxy) is 1. The van der Waals surface area contributed by atoms with E-state index in [9.17, 15) is 9.90 Å². The molecule has 1 aliphatic rings. The van der Waals surface area contributed by atoms with Crippen molar-refractivity contribution in [2.75, 3.05) is 25.4 Å². The molecule has 0 aromatic heterocycles. The molecule has 5 heteroatoms. The van der Waals surface area contributed by atoms with Crippen molar-refractivity contribution in [1.29, 1.82) is 0 Å². The molecule has 0 spiro atoms. The fraction of sp³-hybridized carbons (Fsp3) is 0.500. The van der Waals surface area contributed by atoms with Gasteiger partial charge in [0.2, 0.25) is 5.91 Å². The molecule has 1 aliphatic heterocycles. The number of benzene rings is 1. The number of rotatable bonds is 4. The summed E-state index contributed by atoms with van der Waals surface area (Å²) in [5.41, 5.74) is 6.26. The van der Waals surface area contributed by atoms with Crippen LogP contribution in [0, 0.1) is 0 Å². The first-order valence-electron chi connectivity index (χ1n) is 6.59. The van der Waals surface area contributed by atoms with Crippen molar-refractivity contribution < 1.29 is 14.6 Å². The maximum absolute atomic E-state index is 11.9. The number of carbonyl (C=O) groups excluding carboxylic acids is 1. The highest BCUT2D eigenvalue weighted by molar-refractivity contribution is 5.76. The maximum atomic E-state index is 11.9. The van der Waals surface area contributed by atoms with Gasteiger partial charge in [-0.15, -0.1) is 0 Å². The quantitative estimate of drug-likeness (QED) is 0.796. The van der Waals surface area contributed by atoms with Gasteiger partial charge in [0.15, 0.2) is 0 Å². The van der Waals surface area contributed by atoms with Gasteiger partial charge in [-0.3, -0.25) is 4.79 Å². The van der Waals surface area contributed by atoms with Crippen molar-refractivity contribution in [3.63, 3.8) is 0 Å². The van der Waals surface area contributed by atoms with Gasteiger partial charge in [0, 0.05) is 18.8 Å². The Bertz CT molecular complexity index is 419. The summed E-state index contributed by atoms with van der Waals surface area (Å²) in [6.07, 6.45) is 1.60. The molecule has 2 rings (SSSR count). The van der Waals surface area contributed by atoms with Crippen LogP contribution in [-0.2, 0) is 4.79 Å². The van der Waals surface area contributed by atoms with Gasteiger partial charge in [-0.2, -0.15) is 0 Å². The van der Waals surface area contributed by atoms with Gasteiger partial charge in [-0.05, 0) is 37.1 Å². The summed E-state index contributed by atoms with van der Waals surface area (Å²) in [5, 5.41) is 9.52. The third kappa shape index (κ3) is 4.13. The first-order valence-corrected chi connectivity index (χ1v) is 6.59. The van der Waals surface area contributed by atoms with E-state index in [1.54, 1.807) is 29.2 Å². The number of hydrogen-bond acceptors (Lipinski definition) is 4. The SMILES string of the molecule is Nc1ccc(OCCC(=O)N2CCCC(O)C2)cc1. The zero-order chi connectivity index (χ0) is 13.7. The van der Waals surface area contributed by atoms with Gasteiger partial charge in [0.25, 0.3) is 0 Å². The Morgan fingerprint density at radius 1 is 1.42 bits per heavy atom. The molecule has 0 radical (unpaired) electrons. The molecule has 0 aliphatic carbocycles. The van der Waals surface area contributed by atoms with E-state index in [0.29, 0.717) is 31.0 Å². The standard InChI is InChI=1S/C14H20N2O3/c15-11-3-5-13(6-4-11)19-9-7-14(18)16-8-1-2-12(17)10-16/h3-6,12,17H,1-2,7-10,15H2. The Balaban J connectivity index is 1.73. The minimum atomic E-state index is -0.379. The Kier molecular flexibility index (Phi) is 4.63. The monoisotopic (exact) mass is 264 g/mol. The maximum Gasteiger partial charge on any atom is 0.226 e. The smallest absolute Gasteiger partial charge is 0.226 e. The van der Waals surface area contributed by atoms with Crippen LogP contribution in [0.25, 0.3) is 0 Å².